The van der Waals surface area contributed by atoms with E-state index in [1.807, 2.05) is 54.8 Å². The summed E-state index contributed by atoms with van der Waals surface area (Å²) in [6.07, 6.45) is 12.8. The smallest absolute Gasteiger partial charge is 0.230 e. The molecule has 1 N–H and O–H groups in total. The van der Waals surface area contributed by atoms with Crippen LogP contribution in [0.25, 0.3) is 0 Å². The maximum atomic E-state index is 16.7. The number of alkyl halides is 1. The van der Waals surface area contributed by atoms with Crippen molar-refractivity contribution in [3.8, 4) is 0 Å². The normalized spacial score (nSPS) is 31.5. The second kappa shape index (κ2) is 8.66. The largest absolute Gasteiger partial charge is 0.318 e. The Labute approximate surface area is 210 Å². The first-order valence-corrected chi connectivity index (χ1v) is 12.8. The third-order valence-corrected chi connectivity index (χ3v) is 8.50. The van der Waals surface area contributed by atoms with Crippen LogP contribution >= 0.6 is 0 Å². The third kappa shape index (κ3) is 3.60. The molecule has 6 rings (SSSR count). The molecule has 7 heteroatoms. The Hall–Kier alpha value is -3.32. The summed E-state index contributed by atoms with van der Waals surface area (Å²) >= 11 is 0. The first-order chi connectivity index (χ1) is 17.4. The molecule has 1 aromatic rings. The van der Waals surface area contributed by atoms with Crippen LogP contribution in [0.5, 0.6) is 0 Å². The number of imide groups is 1. The molecule has 0 radical (unpaired) electrons. The molecular weight excluding hydrogens is 457 g/mol. The number of benzene rings is 1. The van der Waals surface area contributed by atoms with E-state index in [9.17, 15) is 14.4 Å². The van der Waals surface area contributed by atoms with E-state index in [0.717, 1.165) is 17.8 Å². The van der Waals surface area contributed by atoms with E-state index < -0.39 is 29.0 Å². The Morgan fingerprint density at radius 3 is 2.58 bits per heavy atom. The van der Waals surface area contributed by atoms with Crippen LogP contribution in [0.1, 0.15) is 37.7 Å². The number of hydrogen-bond donors (Lipinski definition) is 1. The summed E-state index contributed by atoms with van der Waals surface area (Å²) in [5.74, 6) is -3.60. The first kappa shape index (κ1) is 23.1. The molecule has 0 bridgehead atoms. The lowest BCUT2D eigenvalue weighted by Crippen LogP contribution is -2.55. The van der Waals surface area contributed by atoms with E-state index >= 15 is 4.39 Å². The molecule has 3 heterocycles. The minimum Gasteiger partial charge on any atom is -0.318 e. The minimum absolute atomic E-state index is 0.0356. The summed E-state index contributed by atoms with van der Waals surface area (Å²) in [6, 6.07) is 10.2. The second-order valence-corrected chi connectivity index (χ2v) is 10.5. The van der Waals surface area contributed by atoms with Crippen LogP contribution in [0.15, 0.2) is 78.2 Å². The Balaban J connectivity index is 1.29. The highest BCUT2D eigenvalue weighted by Gasteiger charge is 2.60. The molecule has 3 atom stereocenters. The second-order valence-electron chi connectivity index (χ2n) is 10.5. The van der Waals surface area contributed by atoms with Crippen LogP contribution in [-0.2, 0) is 20.9 Å². The van der Waals surface area contributed by atoms with Gasteiger partial charge in [0.1, 0.15) is 5.78 Å². The number of carbonyl (C=O) groups is 3. The third-order valence-electron chi connectivity index (χ3n) is 8.50. The highest BCUT2D eigenvalue weighted by atomic mass is 19.1. The molecule has 6 nitrogen and oxygen atoms in total. The van der Waals surface area contributed by atoms with E-state index in [1.54, 1.807) is 4.90 Å². The van der Waals surface area contributed by atoms with Crippen molar-refractivity contribution >= 4 is 17.6 Å². The Bertz CT molecular complexity index is 1230. The lowest BCUT2D eigenvalue weighted by molar-refractivity contribution is -0.143. The van der Waals surface area contributed by atoms with Gasteiger partial charge < -0.3 is 4.90 Å². The van der Waals surface area contributed by atoms with Gasteiger partial charge in [-0.1, -0.05) is 60.7 Å². The number of halogens is 1. The molecule has 1 aromatic carbocycles. The monoisotopic (exact) mass is 487 g/mol. The van der Waals surface area contributed by atoms with Gasteiger partial charge in [0.25, 0.3) is 0 Å². The van der Waals surface area contributed by atoms with Gasteiger partial charge in [0.2, 0.25) is 11.8 Å². The summed E-state index contributed by atoms with van der Waals surface area (Å²) < 4.78 is 16.7. The van der Waals surface area contributed by atoms with Crippen molar-refractivity contribution in [1.29, 1.82) is 0 Å². The van der Waals surface area contributed by atoms with E-state index in [-0.39, 0.29) is 24.5 Å². The molecule has 36 heavy (non-hydrogen) atoms. The number of piperidine rings is 2. The summed E-state index contributed by atoms with van der Waals surface area (Å²) in [6.45, 7) is 2.06. The number of carbonyl (C=O) groups excluding carboxylic acids is 3. The quantitative estimate of drug-likeness (QED) is 0.517. The van der Waals surface area contributed by atoms with Gasteiger partial charge in [0, 0.05) is 63.1 Å². The fourth-order valence-electron chi connectivity index (χ4n) is 6.72. The molecular formula is C29H30FN3O3. The highest BCUT2D eigenvalue weighted by molar-refractivity contribution is 6.02. The Morgan fingerprint density at radius 2 is 1.83 bits per heavy atom. The Morgan fingerprint density at radius 1 is 1.06 bits per heavy atom. The number of hydrogen-bond acceptors (Lipinski definition) is 5. The van der Waals surface area contributed by atoms with Gasteiger partial charge in [0.15, 0.2) is 5.79 Å². The summed E-state index contributed by atoms with van der Waals surface area (Å²) in [5, 5.41) is 2.42. The predicted molar refractivity (Wildman–Crippen MR) is 132 cm³/mol. The average molecular weight is 488 g/mol. The highest BCUT2D eigenvalue weighted by Crippen LogP contribution is 2.60. The molecule has 2 saturated heterocycles. The van der Waals surface area contributed by atoms with Crippen LogP contribution in [0.4, 0.5) is 4.39 Å². The maximum Gasteiger partial charge on any atom is 0.230 e. The number of ketones is 1. The number of rotatable bonds is 4. The minimum atomic E-state index is -1.58. The van der Waals surface area contributed by atoms with Gasteiger partial charge in [-0.3, -0.25) is 24.6 Å². The van der Waals surface area contributed by atoms with Crippen molar-refractivity contribution in [2.24, 2.45) is 17.3 Å². The zero-order chi connectivity index (χ0) is 24.9. The SMILES string of the molecule is O=C1CCC(C2C(=O)CC=C3N(C4(F)CCN(Cc5ccccc5)CC4)C=C4C=CC=CC432)C(=O)N1. The van der Waals surface area contributed by atoms with E-state index in [4.69, 9.17) is 0 Å². The number of nitrogens with one attached hydrogen (secondary N) is 1. The molecule has 0 saturated carbocycles. The molecule has 2 fully saturated rings. The molecule has 1 spiro atoms. The number of amides is 2. The standard InChI is InChI=1S/C29H30FN3O3/c30-28(14-16-32(17-15-28)18-20-6-2-1-3-7-20)33-19-21-8-4-5-13-29(21)24(33)11-10-23(34)26(29)22-9-12-25(35)31-27(22)36/h1-8,11,13,19,22,26H,9-10,12,14-18H2,(H,31,35,36). The summed E-state index contributed by atoms with van der Waals surface area (Å²) in [5.41, 5.74) is 1.93. The lowest BCUT2D eigenvalue weighted by Gasteiger charge is -2.49. The molecule has 5 aliphatic rings. The molecule has 3 aliphatic heterocycles. The molecule has 2 aliphatic carbocycles. The fraction of sp³-hybridized carbons (Fsp3) is 0.414. The number of nitrogens with zero attached hydrogens (tertiary/aromatic N) is 2. The molecule has 0 aromatic heterocycles. The molecule has 2 amide bonds. The van der Waals surface area contributed by atoms with Crippen molar-refractivity contribution in [2.75, 3.05) is 13.1 Å². The van der Waals surface area contributed by atoms with Crippen LogP contribution in [-0.4, -0.2) is 46.3 Å². The number of likely N-dealkylation sites (tertiary alicyclic amines) is 1. The van der Waals surface area contributed by atoms with Crippen LogP contribution in [0, 0.1) is 17.3 Å². The number of allylic oxidation sites excluding steroid dienone is 5. The zero-order valence-corrected chi connectivity index (χ0v) is 20.2. The van der Waals surface area contributed by atoms with Gasteiger partial charge >= 0.3 is 0 Å². The molecule has 186 valence electrons. The maximum absolute atomic E-state index is 16.7. The van der Waals surface area contributed by atoms with Crippen molar-refractivity contribution in [2.45, 2.75) is 44.4 Å². The predicted octanol–water partition coefficient (Wildman–Crippen LogP) is 3.79. The summed E-state index contributed by atoms with van der Waals surface area (Å²) in [4.78, 5) is 42.1. The fourth-order valence-corrected chi connectivity index (χ4v) is 6.72. The van der Waals surface area contributed by atoms with Crippen LogP contribution in [0.2, 0.25) is 0 Å². The first-order valence-electron chi connectivity index (χ1n) is 12.8. The van der Waals surface area contributed by atoms with Gasteiger partial charge in [0.05, 0.1) is 11.3 Å². The lowest BCUT2D eigenvalue weighted by atomic mass is 9.57. The molecule has 3 unspecified atom stereocenters. The van der Waals surface area contributed by atoms with Crippen molar-refractivity contribution in [3.63, 3.8) is 0 Å². The van der Waals surface area contributed by atoms with Crippen molar-refractivity contribution < 1.29 is 18.8 Å². The van der Waals surface area contributed by atoms with Gasteiger partial charge in [-0.15, -0.1) is 0 Å². The van der Waals surface area contributed by atoms with Crippen LogP contribution in [0.3, 0.4) is 0 Å². The topological polar surface area (TPSA) is 69.7 Å². The zero-order valence-electron chi connectivity index (χ0n) is 20.2. The van der Waals surface area contributed by atoms with Gasteiger partial charge in [-0.25, -0.2) is 4.39 Å². The number of Topliss-reactive ketones (excluding diaryl/α,β-unsaturated/α-hetero) is 1. The average Bonchev–Trinajstić information content (AvgIpc) is 3.23. The van der Waals surface area contributed by atoms with E-state index in [0.29, 0.717) is 32.4 Å². The van der Waals surface area contributed by atoms with Crippen molar-refractivity contribution in [3.05, 3.63) is 83.7 Å². The van der Waals surface area contributed by atoms with Crippen molar-refractivity contribution in [1.82, 2.24) is 15.1 Å². The van der Waals surface area contributed by atoms with E-state index in [1.165, 1.54) is 5.56 Å². The summed E-state index contributed by atoms with van der Waals surface area (Å²) in [7, 11) is 0. The van der Waals surface area contributed by atoms with Gasteiger partial charge in [-0.2, -0.15) is 0 Å². The van der Waals surface area contributed by atoms with Gasteiger partial charge in [-0.05, 0) is 17.6 Å². The van der Waals surface area contributed by atoms with E-state index in [2.05, 4.69) is 22.3 Å². The van der Waals surface area contributed by atoms with Crippen LogP contribution < -0.4 is 5.32 Å². The Kier molecular flexibility index (Phi) is 5.56.